The number of hydrogen-bond donors (Lipinski definition) is 2. The van der Waals surface area contributed by atoms with E-state index in [4.69, 9.17) is 11.5 Å². The largest absolute Gasteiger partial charge is 0.397 e. The molecule has 1 fully saturated rings. The van der Waals surface area contributed by atoms with E-state index < -0.39 is 0 Å². The molecule has 1 atom stereocenters. The van der Waals surface area contributed by atoms with Crippen LogP contribution in [0.1, 0.15) is 43.0 Å². The molecule has 1 aromatic rings. The molecule has 18 heavy (non-hydrogen) atoms. The van der Waals surface area contributed by atoms with E-state index in [-0.39, 0.29) is 5.91 Å². The Balaban J connectivity index is 2.21. The molecule has 2 rings (SSSR count). The molecule has 0 saturated carbocycles. The second-order valence-corrected chi connectivity index (χ2v) is 4.90. The molecular formula is C14H21N3O. The molecule has 4 N–H and O–H groups in total. The van der Waals surface area contributed by atoms with Gasteiger partial charge in [-0.05, 0) is 43.9 Å². The van der Waals surface area contributed by atoms with Crippen LogP contribution in [0.5, 0.6) is 0 Å². The lowest BCUT2D eigenvalue weighted by molar-refractivity contribution is 0.0608. The van der Waals surface area contributed by atoms with Crippen LogP contribution < -0.4 is 11.5 Å². The minimum Gasteiger partial charge on any atom is -0.397 e. The van der Waals surface area contributed by atoms with Crippen LogP contribution in [0, 0.1) is 0 Å². The van der Waals surface area contributed by atoms with Crippen LogP contribution in [0.2, 0.25) is 0 Å². The lowest BCUT2D eigenvalue weighted by Crippen LogP contribution is -2.43. The summed E-state index contributed by atoms with van der Waals surface area (Å²) in [6, 6.07) is 5.51. The summed E-state index contributed by atoms with van der Waals surface area (Å²) in [6.07, 6.45) is 4.42. The van der Waals surface area contributed by atoms with Crippen molar-refractivity contribution >= 4 is 17.3 Å². The molecule has 4 heteroatoms. The van der Waals surface area contributed by atoms with Crippen LogP contribution in [-0.2, 0) is 0 Å². The fourth-order valence-corrected chi connectivity index (χ4v) is 2.57. The first-order valence-corrected chi connectivity index (χ1v) is 6.59. The van der Waals surface area contributed by atoms with Gasteiger partial charge in [-0.25, -0.2) is 0 Å². The van der Waals surface area contributed by atoms with Crippen molar-refractivity contribution in [1.82, 2.24) is 4.90 Å². The molecule has 1 aliphatic rings. The molecular weight excluding hydrogens is 226 g/mol. The number of benzene rings is 1. The maximum Gasteiger partial charge on any atom is 0.254 e. The van der Waals surface area contributed by atoms with Crippen molar-refractivity contribution in [3.8, 4) is 0 Å². The Bertz CT molecular complexity index is 445. The Morgan fingerprint density at radius 3 is 2.78 bits per heavy atom. The Hall–Kier alpha value is -1.71. The van der Waals surface area contributed by atoms with Gasteiger partial charge in [0.05, 0.1) is 11.4 Å². The molecule has 4 nitrogen and oxygen atoms in total. The standard InChI is InChI=1S/C14H21N3O/c1-2-11-5-3-4-8-17(11)14(18)10-6-7-12(15)13(16)9-10/h6-7,9,11H,2-5,8,15-16H2,1H3. The quantitative estimate of drug-likeness (QED) is 0.787. The summed E-state index contributed by atoms with van der Waals surface area (Å²) in [7, 11) is 0. The normalized spacial score (nSPS) is 19.8. The number of piperidine rings is 1. The highest BCUT2D eigenvalue weighted by molar-refractivity contribution is 5.96. The SMILES string of the molecule is CCC1CCCCN1C(=O)c1ccc(N)c(N)c1. The van der Waals surface area contributed by atoms with E-state index in [1.54, 1.807) is 18.2 Å². The molecule has 1 aliphatic heterocycles. The maximum atomic E-state index is 12.5. The van der Waals surface area contributed by atoms with E-state index in [1.807, 2.05) is 4.90 Å². The van der Waals surface area contributed by atoms with E-state index in [1.165, 1.54) is 6.42 Å². The first kappa shape index (κ1) is 12.7. The van der Waals surface area contributed by atoms with Gasteiger partial charge in [0.2, 0.25) is 0 Å². The van der Waals surface area contributed by atoms with E-state index in [0.29, 0.717) is 23.0 Å². The van der Waals surface area contributed by atoms with Crippen molar-refractivity contribution < 1.29 is 4.79 Å². The van der Waals surface area contributed by atoms with Gasteiger partial charge < -0.3 is 16.4 Å². The molecule has 1 heterocycles. The number of carbonyl (C=O) groups is 1. The lowest BCUT2D eigenvalue weighted by Gasteiger charge is -2.35. The fourth-order valence-electron chi connectivity index (χ4n) is 2.57. The topological polar surface area (TPSA) is 72.3 Å². The van der Waals surface area contributed by atoms with Crippen molar-refractivity contribution in [2.24, 2.45) is 0 Å². The van der Waals surface area contributed by atoms with E-state index in [9.17, 15) is 4.79 Å². The summed E-state index contributed by atoms with van der Waals surface area (Å²) in [5.74, 6) is 0.0771. The van der Waals surface area contributed by atoms with Crippen LogP contribution in [0.3, 0.4) is 0 Å². The minimum atomic E-state index is 0.0771. The number of likely N-dealkylation sites (tertiary alicyclic amines) is 1. The van der Waals surface area contributed by atoms with Crippen LogP contribution >= 0.6 is 0 Å². The van der Waals surface area contributed by atoms with Gasteiger partial charge in [-0.2, -0.15) is 0 Å². The Morgan fingerprint density at radius 1 is 1.33 bits per heavy atom. The third-order valence-electron chi connectivity index (χ3n) is 3.69. The zero-order chi connectivity index (χ0) is 13.1. The van der Waals surface area contributed by atoms with Crippen molar-refractivity contribution in [2.45, 2.75) is 38.6 Å². The molecule has 1 amide bonds. The van der Waals surface area contributed by atoms with Crippen LogP contribution in [0.25, 0.3) is 0 Å². The lowest BCUT2D eigenvalue weighted by atomic mass is 9.98. The number of nitrogens with two attached hydrogens (primary N) is 2. The monoisotopic (exact) mass is 247 g/mol. The number of carbonyl (C=O) groups excluding carboxylic acids is 1. The summed E-state index contributed by atoms with van der Waals surface area (Å²) in [4.78, 5) is 14.4. The first-order valence-electron chi connectivity index (χ1n) is 6.59. The van der Waals surface area contributed by atoms with Crippen molar-refractivity contribution in [1.29, 1.82) is 0 Å². The molecule has 0 aliphatic carbocycles. The highest BCUT2D eigenvalue weighted by atomic mass is 16.2. The number of nitrogen functional groups attached to an aromatic ring is 2. The van der Waals surface area contributed by atoms with Crippen LogP contribution in [-0.4, -0.2) is 23.4 Å². The van der Waals surface area contributed by atoms with E-state index in [0.717, 1.165) is 25.8 Å². The number of anilines is 2. The summed E-state index contributed by atoms with van der Waals surface area (Å²) < 4.78 is 0. The van der Waals surface area contributed by atoms with E-state index in [2.05, 4.69) is 6.92 Å². The maximum absolute atomic E-state index is 12.5. The summed E-state index contributed by atoms with van der Waals surface area (Å²) in [5, 5.41) is 0. The predicted octanol–water partition coefficient (Wildman–Crippen LogP) is 2.26. The Labute approximate surface area is 108 Å². The highest BCUT2D eigenvalue weighted by Gasteiger charge is 2.26. The van der Waals surface area contributed by atoms with Crippen LogP contribution in [0.15, 0.2) is 18.2 Å². The smallest absolute Gasteiger partial charge is 0.254 e. The summed E-state index contributed by atoms with van der Waals surface area (Å²) in [6.45, 7) is 2.98. The molecule has 1 unspecified atom stereocenters. The average Bonchev–Trinajstić information content (AvgIpc) is 2.41. The second kappa shape index (κ2) is 5.29. The number of hydrogen-bond acceptors (Lipinski definition) is 3. The minimum absolute atomic E-state index is 0.0771. The third kappa shape index (κ3) is 2.42. The van der Waals surface area contributed by atoms with Crippen molar-refractivity contribution in [2.75, 3.05) is 18.0 Å². The van der Waals surface area contributed by atoms with Gasteiger partial charge >= 0.3 is 0 Å². The summed E-state index contributed by atoms with van der Waals surface area (Å²) >= 11 is 0. The number of nitrogens with zero attached hydrogens (tertiary/aromatic N) is 1. The Morgan fingerprint density at radius 2 is 2.11 bits per heavy atom. The van der Waals surface area contributed by atoms with Gasteiger partial charge in [0, 0.05) is 18.2 Å². The fraction of sp³-hybridized carbons (Fsp3) is 0.500. The zero-order valence-corrected chi connectivity index (χ0v) is 10.9. The van der Waals surface area contributed by atoms with Crippen molar-refractivity contribution in [3.63, 3.8) is 0 Å². The highest BCUT2D eigenvalue weighted by Crippen LogP contribution is 2.23. The van der Waals surface area contributed by atoms with Crippen LogP contribution in [0.4, 0.5) is 11.4 Å². The molecule has 0 aromatic heterocycles. The van der Waals surface area contributed by atoms with Gasteiger partial charge in [-0.15, -0.1) is 0 Å². The molecule has 1 aromatic carbocycles. The molecule has 1 saturated heterocycles. The average molecular weight is 247 g/mol. The molecule has 0 radical (unpaired) electrons. The molecule has 0 bridgehead atoms. The third-order valence-corrected chi connectivity index (χ3v) is 3.69. The summed E-state index contributed by atoms with van der Waals surface area (Å²) in [5.41, 5.74) is 13.1. The number of amides is 1. The van der Waals surface area contributed by atoms with Gasteiger partial charge in [-0.3, -0.25) is 4.79 Å². The zero-order valence-electron chi connectivity index (χ0n) is 10.9. The van der Waals surface area contributed by atoms with Gasteiger partial charge in [0.1, 0.15) is 0 Å². The Kier molecular flexibility index (Phi) is 3.75. The van der Waals surface area contributed by atoms with Gasteiger partial charge in [0.15, 0.2) is 0 Å². The first-order chi connectivity index (χ1) is 8.63. The molecule has 0 spiro atoms. The second-order valence-electron chi connectivity index (χ2n) is 4.90. The van der Waals surface area contributed by atoms with Crippen molar-refractivity contribution in [3.05, 3.63) is 23.8 Å². The predicted molar refractivity (Wildman–Crippen MR) is 74.2 cm³/mol. The molecule has 98 valence electrons. The van der Waals surface area contributed by atoms with E-state index >= 15 is 0 Å². The number of rotatable bonds is 2. The van der Waals surface area contributed by atoms with Gasteiger partial charge in [-0.1, -0.05) is 6.92 Å². The van der Waals surface area contributed by atoms with Gasteiger partial charge in [0.25, 0.3) is 5.91 Å².